The summed E-state index contributed by atoms with van der Waals surface area (Å²) in [5.41, 5.74) is 6.33. The van der Waals surface area contributed by atoms with Gasteiger partial charge in [0, 0.05) is 23.6 Å². The fourth-order valence-electron chi connectivity index (χ4n) is 3.54. The third-order valence-electron chi connectivity index (χ3n) is 5.70. The first kappa shape index (κ1) is 25.9. The van der Waals surface area contributed by atoms with Gasteiger partial charge < -0.3 is 20.5 Å². The molecule has 2 aromatic rings. The van der Waals surface area contributed by atoms with E-state index in [0.29, 0.717) is 10.5 Å². The van der Waals surface area contributed by atoms with E-state index in [1.54, 1.807) is 11.6 Å². The summed E-state index contributed by atoms with van der Waals surface area (Å²) in [7, 11) is 1.42. The quantitative estimate of drug-likeness (QED) is 0.525. The lowest BCUT2D eigenvalue weighted by atomic mass is 10.1. The number of benzene rings is 1. The zero-order valence-corrected chi connectivity index (χ0v) is 20.9. The van der Waals surface area contributed by atoms with Gasteiger partial charge in [-0.05, 0) is 24.8 Å². The van der Waals surface area contributed by atoms with Crippen LogP contribution in [0.3, 0.4) is 0 Å². The molecule has 1 unspecified atom stereocenters. The molecule has 1 saturated carbocycles. The van der Waals surface area contributed by atoms with Crippen molar-refractivity contribution in [1.29, 1.82) is 0 Å². The number of hydrogen-bond donors (Lipinski definition) is 2. The van der Waals surface area contributed by atoms with E-state index in [4.69, 9.17) is 26.8 Å². The average Bonchev–Trinajstić information content (AvgIpc) is 3.50. The van der Waals surface area contributed by atoms with Gasteiger partial charge in [-0.1, -0.05) is 38.3 Å². The summed E-state index contributed by atoms with van der Waals surface area (Å²) >= 11 is 7.57. The number of anilines is 1. The number of amides is 2. The number of rotatable bonds is 8. The normalized spacial score (nSPS) is 15.4. The highest BCUT2D eigenvalue weighted by Gasteiger charge is 2.24. The summed E-state index contributed by atoms with van der Waals surface area (Å²) in [6, 6.07) is 2.21. The van der Waals surface area contributed by atoms with Crippen LogP contribution in [-0.4, -0.2) is 35.5 Å². The first-order valence-electron chi connectivity index (χ1n) is 11.0. The number of esters is 1. The molecule has 0 aliphatic heterocycles. The zero-order valence-electron chi connectivity index (χ0n) is 19.4. The molecule has 0 saturated heterocycles. The van der Waals surface area contributed by atoms with Gasteiger partial charge in [0.1, 0.15) is 11.8 Å². The number of nitrogens with zero attached hydrogens (tertiary/aromatic N) is 2. The van der Waals surface area contributed by atoms with Gasteiger partial charge in [0.15, 0.2) is 11.5 Å². The highest BCUT2D eigenvalue weighted by Crippen LogP contribution is 2.33. The van der Waals surface area contributed by atoms with Gasteiger partial charge in [-0.3, -0.25) is 19.0 Å². The molecule has 1 fully saturated rings. The zero-order chi connectivity index (χ0) is 24.8. The Morgan fingerprint density at radius 3 is 2.65 bits per heavy atom. The number of ether oxygens (including phenoxy) is 2. The monoisotopic (exact) mass is 508 g/mol. The van der Waals surface area contributed by atoms with Crippen LogP contribution in [0.15, 0.2) is 28.7 Å². The second kappa shape index (κ2) is 11.6. The molecule has 1 atom stereocenters. The van der Waals surface area contributed by atoms with E-state index >= 15 is 0 Å². The van der Waals surface area contributed by atoms with Crippen LogP contribution in [-0.2, 0) is 21.1 Å². The molecule has 1 aromatic heterocycles. The Kier molecular flexibility index (Phi) is 8.87. The largest absolute Gasteiger partial charge is 0.496 e. The summed E-state index contributed by atoms with van der Waals surface area (Å²) in [4.78, 5) is 41.9. The lowest BCUT2D eigenvalue weighted by Gasteiger charge is -2.15. The average molecular weight is 509 g/mol. The molecule has 0 radical (unpaired) electrons. The number of methoxy groups -OCH3 is 1. The lowest BCUT2D eigenvalue weighted by Crippen LogP contribution is -2.37. The Hall–Kier alpha value is -2.69. The standard InChI is InChI=1S/C23H29ClN4O5S/c1-13(2)19(25)22(31)33-12-28-8-9-34-23(28)27-21(30)15-10-16(24)17(11-18(15)32-3)26-20(29)14-6-4-5-7-14/h8-11,13-14,19H,4-7,12,25H2,1-3H3,(H,26,29)/b27-23-. The molecular weight excluding hydrogens is 480 g/mol. The van der Waals surface area contributed by atoms with Crippen LogP contribution in [0.4, 0.5) is 5.69 Å². The van der Waals surface area contributed by atoms with E-state index in [9.17, 15) is 14.4 Å². The number of nitrogens with one attached hydrogen (secondary N) is 1. The van der Waals surface area contributed by atoms with Gasteiger partial charge in [-0.25, -0.2) is 0 Å². The van der Waals surface area contributed by atoms with Gasteiger partial charge >= 0.3 is 5.97 Å². The minimum absolute atomic E-state index is 0.0307. The maximum atomic E-state index is 12.9. The second-order valence-corrected chi connectivity index (χ2v) is 9.72. The molecule has 1 aromatic carbocycles. The maximum Gasteiger partial charge on any atom is 0.324 e. The highest BCUT2D eigenvalue weighted by molar-refractivity contribution is 7.07. The predicted octanol–water partition coefficient (Wildman–Crippen LogP) is 3.57. The van der Waals surface area contributed by atoms with E-state index in [1.807, 2.05) is 13.8 Å². The Labute approximate surface area is 206 Å². The molecule has 3 N–H and O–H groups in total. The summed E-state index contributed by atoms with van der Waals surface area (Å²) in [5, 5.41) is 4.76. The highest BCUT2D eigenvalue weighted by atomic mass is 35.5. The Balaban J connectivity index is 1.78. The van der Waals surface area contributed by atoms with E-state index in [2.05, 4.69) is 10.3 Å². The Bertz CT molecular complexity index is 1120. The van der Waals surface area contributed by atoms with Crippen molar-refractivity contribution in [2.24, 2.45) is 22.6 Å². The summed E-state index contributed by atoms with van der Waals surface area (Å²) in [6.07, 6.45) is 5.44. The summed E-state index contributed by atoms with van der Waals surface area (Å²) in [5.74, 6) is -1.07. The first-order valence-corrected chi connectivity index (χ1v) is 12.3. The third kappa shape index (κ3) is 6.25. The van der Waals surface area contributed by atoms with Gasteiger partial charge in [0.2, 0.25) is 5.91 Å². The number of thiazole rings is 1. The van der Waals surface area contributed by atoms with Crippen LogP contribution >= 0.6 is 22.9 Å². The lowest BCUT2D eigenvalue weighted by molar-refractivity contribution is -0.150. The molecule has 1 heterocycles. The van der Waals surface area contributed by atoms with Crippen LogP contribution in [0.2, 0.25) is 5.02 Å². The minimum Gasteiger partial charge on any atom is -0.496 e. The van der Waals surface area contributed by atoms with Crippen molar-refractivity contribution in [3.63, 3.8) is 0 Å². The van der Waals surface area contributed by atoms with Crippen molar-refractivity contribution in [3.8, 4) is 5.75 Å². The molecule has 2 amide bonds. The predicted molar refractivity (Wildman–Crippen MR) is 130 cm³/mol. The molecular formula is C23H29ClN4O5S. The summed E-state index contributed by atoms with van der Waals surface area (Å²) < 4.78 is 12.1. The van der Waals surface area contributed by atoms with Crippen molar-refractivity contribution >= 4 is 46.4 Å². The van der Waals surface area contributed by atoms with Crippen molar-refractivity contribution < 1.29 is 23.9 Å². The minimum atomic E-state index is -0.736. The molecule has 0 spiro atoms. The number of carbonyl (C=O) groups is 3. The van der Waals surface area contributed by atoms with E-state index in [0.717, 1.165) is 25.7 Å². The van der Waals surface area contributed by atoms with Crippen molar-refractivity contribution in [3.05, 3.63) is 39.1 Å². The fourth-order valence-corrected chi connectivity index (χ4v) is 4.47. The Morgan fingerprint density at radius 2 is 2.00 bits per heavy atom. The van der Waals surface area contributed by atoms with Crippen molar-refractivity contribution in [2.75, 3.05) is 12.4 Å². The maximum absolute atomic E-state index is 12.9. The van der Waals surface area contributed by atoms with E-state index < -0.39 is 17.9 Å². The van der Waals surface area contributed by atoms with E-state index in [1.165, 1.54) is 35.1 Å². The second-order valence-electron chi connectivity index (χ2n) is 8.44. The molecule has 11 heteroatoms. The molecule has 3 rings (SSSR count). The van der Waals surface area contributed by atoms with E-state index in [-0.39, 0.29) is 40.8 Å². The summed E-state index contributed by atoms with van der Waals surface area (Å²) in [6.45, 7) is 3.53. The van der Waals surface area contributed by atoms with Crippen LogP contribution in [0, 0.1) is 11.8 Å². The van der Waals surface area contributed by atoms with Crippen molar-refractivity contribution in [1.82, 2.24) is 4.57 Å². The van der Waals surface area contributed by atoms with Crippen LogP contribution in [0.25, 0.3) is 0 Å². The van der Waals surface area contributed by atoms with Gasteiger partial charge in [-0.2, -0.15) is 4.99 Å². The molecule has 184 valence electrons. The molecule has 0 bridgehead atoms. The first-order chi connectivity index (χ1) is 16.2. The molecule has 9 nitrogen and oxygen atoms in total. The molecule has 1 aliphatic carbocycles. The number of hydrogen-bond acceptors (Lipinski definition) is 7. The Morgan fingerprint density at radius 1 is 1.29 bits per heavy atom. The fraction of sp³-hybridized carbons (Fsp3) is 0.478. The third-order valence-corrected chi connectivity index (χ3v) is 6.80. The number of nitrogens with two attached hydrogens (primary N) is 1. The number of carbonyl (C=O) groups excluding carboxylic acids is 3. The SMILES string of the molecule is COc1cc(NC(=O)C2CCCC2)c(Cl)cc1C(=O)/N=c1\sccn1COC(=O)C(N)C(C)C. The smallest absolute Gasteiger partial charge is 0.324 e. The molecule has 34 heavy (non-hydrogen) atoms. The van der Waals surface area contributed by atoms with Gasteiger partial charge in [0.05, 0.1) is 23.4 Å². The molecule has 1 aliphatic rings. The van der Waals surface area contributed by atoms with Gasteiger partial charge in [0.25, 0.3) is 5.91 Å². The van der Waals surface area contributed by atoms with Crippen molar-refractivity contribution in [2.45, 2.75) is 52.3 Å². The van der Waals surface area contributed by atoms with Crippen LogP contribution in [0.1, 0.15) is 49.9 Å². The van der Waals surface area contributed by atoms with Crippen LogP contribution in [0.5, 0.6) is 5.75 Å². The topological polar surface area (TPSA) is 125 Å². The van der Waals surface area contributed by atoms with Crippen LogP contribution < -0.4 is 20.6 Å². The van der Waals surface area contributed by atoms with Gasteiger partial charge in [-0.15, -0.1) is 11.3 Å². The number of aromatic nitrogens is 1. The number of halogens is 1.